The van der Waals surface area contributed by atoms with Gasteiger partial charge < -0.3 is 5.11 Å². The molecule has 138 valence electrons. The fourth-order valence-corrected chi connectivity index (χ4v) is 2.98. The number of hydrogen-bond donors (Lipinski definition) is 1. The zero-order chi connectivity index (χ0) is 18.0. The summed E-state index contributed by atoms with van der Waals surface area (Å²) >= 11 is 0. The van der Waals surface area contributed by atoms with E-state index in [2.05, 4.69) is 20.8 Å². The van der Waals surface area contributed by atoms with Crippen LogP contribution in [0.4, 0.5) is 0 Å². The van der Waals surface area contributed by atoms with Gasteiger partial charge in [0, 0.05) is 0 Å². The van der Waals surface area contributed by atoms with Gasteiger partial charge in [0.2, 0.25) is 0 Å². The summed E-state index contributed by atoms with van der Waals surface area (Å²) in [4.78, 5) is 0. The van der Waals surface area contributed by atoms with Crippen LogP contribution in [-0.4, -0.2) is 11.2 Å². The highest BCUT2D eigenvalue weighted by Crippen LogP contribution is 2.27. The van der Waals surface area contributed by atoms with E-state index < -0.39 is 0 Å². The molecule has 2 aliphatic rings. The lowest BCUT2D eigenvalue weighted by molar-refractivity contribution is 0.112. The van der Waals surface area contributed by atoms with Crippen LogP contribution < -0.4 is 0 Å². The summed E-state index contributed by atoms with van der Waals surface area (Å²) in [5.41, 5.74) is 0. The van der Waals surface area contributed by atoms with Gasteiger partial charge in [-0.05, 0) is 49.9 Å². The first kappa shape index (κ1) is 26.8. The molecule has 1 heteroatoms. The second-order valence-electron chi connectivity index (χ2n) is 6.29. The minimum absolute atomic E-state index is 0.0196. The summed E-state index contributed by atoms with van der Waals surface area (Å²) in [5.74, 6) is 2.89. The van der Waals surface area contributed by atoms with E-state index >= 15 is 0 Å². The average Bonchev–Trinajstić information content (AvgIpc) is 2.56. The molecule has 0 spiro atoms. The molecule has 2 unspecified atom stereocenters. The van der Waals surface area contributed by atoms with Gasteiger partial charge in [-0.25, -0.2) is 0 Å². The topological polar surface area (TPSA) is 20.2 Å². The molecule has 0 aliphatic heterocycles. The monoisotopic (exact) mass is 316 g/mol. The SMILES string of the molecule is CC.CC.CC.CC1CCC(O)CC1.CC1CCCC(C)C1. The van der Waals surface area contributed by atoms with Crippen LogP contribution in [-0.2, 0) is 0 Å². The Morgan fingerprint density at radius 1 is 0.545 bits per heavy atom. The van der Waals surface area contributed by atoms with Crippen molar-refractivity contribution in [2.75, 3.05) is 0 Å². The molecule has 0 bridgehead atoms. The molecule has 22 heavy (non-hydrogen) atoms. The molecule has 0 saturated heterocycles. The minimum atomic E-state index is 0.0196. The molecule has 2 atom stereocenters. The third-order valence-corrected chi connectivity index (χ3v) is 4.18. The molecule has 2 fully saturated rings. The Bertz CT molecular complexity index is 153. The van der Waals surface area contributed by atoms with Gasteiger partial charge >= 0.3 is 0 Å². The fraction of sp³-hybridized carbons (Fsp3) is 1.00. The van der Waals surface area contributed by atoms with Crippen molar-refractivity contribution in [1.82, 2.24) is 0 Å². The third kappa shape index (κ3) is 18.0. The second kappa shape index (κ2) is 21.0. The van der Waals surface area contributed by atoms with Crippen molar-refractivity contribution in [1.29, 1.82) is 0 Å². The molecule has 0 radical (unpaired) electrons. The summed E-state index contributed by atoms with van der Waals surface area (Å²) in [6.45, 7) is 19.0. The van der Waals surface area contributed by atoms with Crippen molar-refractivity contribution in [3.8, 4) is 0 Å². The van der Waals surface area contributed by atoms with Crippen LogP contribution in [0.15, 0.2) is 0 Å². The smallest absolute Gasteiger partial charge is 0.0540 e. The maximum absolute atomic E-state index is 9.03. The first-order chi connectivity index (χ1) is 10.6. The first-order valence-electron chi connectivity index (χ1n) is 10.3. The zero-order valence-corrected chi connectivity index (χ0v) is 17.4. The number of hydrogen-bond acceptors (Lipinski definition) is 1. The van der Waals surface area contributed by atoms with Gasteiger partial charge in [-0.2, -0.15) is 0 Å². The maximum atomic E-state index is 9.03. The standard InChI is InChI=1S/C8H16.C7H14O.3C2H6/c1-7-4-3-5-8(2)6-7;1-6-2-4-7(8)5-3-6;3*1-2/h7-8H,3-6H2,1-2H3;6-8H,2-5H2,1H3;3*1-2H3. The lowest BCUT2D eigenvalue weighted by Gasteiger charge is -2.22. The highest BCUT2D eigenvalue weighted by atomic mass is 16.3. The molecule has 0 heterocycles. The highest BCUT2D eigenvalue weighted by molar-refractivity contribution is 4.67. The quantitative estimate of drug-likeness (QED) is 0.491. The summed E-state index contributed by atoms with van der Waals surface area (Å²) in [6, 6.07) is 0. The van der Waals surface area contributed by atoms with Crippen molar-refractivity contribution in [3.63, 3.8) is 0 Å². The Morgan fingerprint density at radius 3 is 1.14 bits per heavy atom. The van der Waals surface area contributed by atoms with Crippen molar-refractivity contribution >= 4 is 0 Å². The van der Waals surface area contributed by atoms with E-state index in [9.17, 15) is 0 Å². The number of rotatable bonds is 0. The minimum Gasteiger partial charge on any atom is -0.393 e. The fourth-order valence-electron chi connectivity index (χ4n) is 2.98. The zero-order valence-electron chi connectivity index (χ0n) is 17.4. The highest BCUT2D eigenvalue weighted by Gasteiger charge is 2.14. The molecule has 1 nitrogen and oxygen atoms in total. The summed E-state index contributed by atoms with van der Waals surface area (Å²) in [6.07, 6.45) is 10.4. The summed E-state index contributed by atoms with van der Waals surface area (Å²) in [5, 5.41) is 9.03. The molecular formula is C21H48O. The van der Waals surface area contributed by atoms with E-state index in [1.165, 1.54) is 38.5 Å². The molecule has 2 aliphatic carbocycles. The van der Waals surface area contributed by atoms with E-state index in [0.29, 0.717) is 0 Å². The molecule has 2 rings (SSSR count). The van der Waals surface area contributed by atoms with Crippen LogP contribution >= 0.6 is 0 Å². The molecule has 2 saturated carbocycles. The van der Waals surface area contributed by atoms with E-state index in [1.54, 1.807) is 0 Å². The van der Waals surface area contributed by atoms with E-state index in [0.717, 1.165) is 30.6 Å². The van der Waals surface area contributed by atoms with Crippen LogP contribution in [0.25, 0.3) is 0 Å². The van der Waals surface area contributed by atoms with E-state index in [4.69, 9.17) is 5.11 Å². The normalized spacial score (nSPS) is 29.7. The van der Waals surface area contributed by atoms with Crippen LogP contribution in [0.2, 0.25) is 0 Å². The molecule has 0 aromatic heterocycles. The molecule has 1 N–H and O–H groups in total. The summed E-state index contributed by atoms with van der Waals surface area (Å²) < 4.78 is 0. The Kier molecular flexibility index (Phi) is 25.6. The Hall–Kier alpha value is -0.0400. The summed E-state index contributed by atoms with van der Waals surface area (Å²) in [7, 11) is 0. The Labute approximate surface area is 143 Å². The van der Waals surface area contributed by atoms with Crippen LogP contribution in [0.5, 0.6) is 0 Å². The van der Waals surface area contributed by atoms with Gasteiger partial charge in [0.1, 0.15) is 0 Å². The average molecular weight is 317 g/mol. The van der Waals surface area contributed by atoms with Crippen LogP contribution in [0.1, 0.15) is 114 Å². The lowest BCUT2D eigenvalue weighted by Crippen LogP contribution is -2.15. The largest absolute Gasteiger partial charge is 0.393 e. The van der Waals surface area contributed by atoms with Gasteiger partial charge in [-0.3, -0.25) is 0 Å². The predicted molar refractivity (Wildman–Crippen MR) is 104 cm³/mol. The van der Waals surface area contributed by atoms with E-state index in [-0.39, 0.29) is 6.10 Å². The number of aliphatic hydroxyl groups excluding tert-OH is 1. The van der Waals surface area contributed by atoms with E-state index in [1.807, 2.05) is 41.5 Å². The molecule has 0 aromatic carbocycles. The Morgan fingerprint density at radius 2 is 0.909 bits per heavy atom. The first-order valence-corrected chi connectivity index (χ1v) is 10.3. The van der Waals surface area contributed by atoms with Crippen molar-refractivity contribution in [3.05, 3.63) is 0 Å². The van der Waals surface area contributed by atoms with Gasteiger partial charge in [0.25, 0.3) is 0 Å². The third-order valence-electron chi connectivity index (χ3n) is 4.18. The lowest BCUT2D eigenvalue weighted by atomic mass is 9.84. The molecular weight excluding hydrogens is 268 g/mol. The van der Waals surface area contributed by atoms with Gasteiger partial charge in [0.05, 0.1) is 6.10 Å². The van der Waals surface area contributed by atoms with Gasteiger partial charge in [0.15, 0.2) is 0 Å². The Balaban J connectivity index is -0.000000246. The maximum Gasteiger partial charge on any atom is 0.0540 e. The van der Waals surface area contributed by atoms with Crippen molar-refractivity contribution < 1.29 is 5.11 Å². The van der Waals surface area contributed by atoms with Gasteiger partial charge in [-0.15, -0.1) is 0 Å². The number of aliphatic hydroxyl groups is 1. The molecule has 0 aromatic rings. The predicted octanol–water partition coefficient (Wildman–Crippen LogP) is 7.47. The van der Waals surface area contributed by atoms with Gasteiger partial charge in [-0.1, -0.05) is 81.6 Å². The van der Waals surface area contributed by atoms with Crippen LogP contribution in [0, 0.1) is 17.8 Å². The molecule has 0 amide bonds. The van der Waals surface area contributed by atoms with Crippen molar-refractivity contribution in [2.24, 2.45) is 17.8 Å². The van der Waals surface area contributed by atoms with Crippen molar-refractivity contribution in [2.45, 2.75) is 120 Å². The van der Waals surface area contributed by atoms with Crippen LogP contribution in [0.3, 0.4) is 0 Å². The second-order valence-corrected chi connectivity index (χ2v) is 6.29.